The lowest BCUT2D eigenvalue weighted by molar-refractivity contribution is -0.687. The van der Waals surface area contributed by atoms with E-state index in [2.05, 4.69) is 64.4 Å². The number of rotatable bonds is 2. The van der Waals surface area contributed by atoms with Gasteiger partial charge in [-0.25, -0.2) is 4.57 Å². The van der Waals surface area contributed by atoms with E-state index >= 15 is 0 Å². The largest absolute Gasteiger partial charge is 0.253 e. The van der Waals surface area contributed by atoms with Crippen LogP contribution in [0.2, 0.25) is 0 Å². The average molecular weight is 235 g/mol. The highest BCUT2D eigenvalue weighted by Gasteiger charge is 2.05. The van der Waals surface area contributed by atoms with Gasteiger partial charge in [0.05, 0.1) is 10.9 Å². The van der Waals surface area contributed by atoms with Crippen LogP contribution in [0.3, 0.4) is 0 Å². The fourth-order valence-corrected chi connectivity index (χ4v) is 2.11. The summed E-state index contributed by atoms with van der Waals surface area (Å²) in [6, 6.07) is 16.7. The molecule has 88 valence electrons. The van der Waals surface area contributed by atoms with Gasteiger partial charge >= 0.3 is 0 Å². The molecule has 0 radical (unpaired) electrons. The van der Waals surface area contributed by atoms with Gasteiger partial charge in [0, 0.05) is 17.3 Å². The van der Waals surface area contributed by atoms with Crippen LogP contribution in [0.25, 0.3) is 10.9 Å². The van der Waals surface area contributed by atoms with Crippen molar-refractivity contribution in [3.63, 3.8) is 0 Å². The predicted molar refractivity (Wildman–Crippen MR) is 72.2 cm³/mol. The van der Waals surface area contributed by atoms with Crippen molar-refractivity contribution >= 4 is 10.9 Å². The van der Waals surface area contributed by atoms with Gasteiger partial charge in [-0.1, -0.05) is 30.3 Å². The van der Waals surface area contributed by atoms with E-state index < -0.39 is 0 Å². The number of nitrogens with zero attached hydrogens (tertiary/aromatic N) is 2. The molecule has 0 saturated carbocycles. The summed E-state index contributed by atoms with van der Waals surface area (Å²) in [4.78, 5) is 4.51. The van der Waals surface area contributed by atoms with E-state index in [1.165, 1.54) is 10.9 Å². The molecule has 2 aromatic heterocycles. The first kappa shape index (κ1) is 10.9. The standard InChI is InChI=1S/C16H15N2/c1-13-7-8-15-12-18(10-9-16(15)17-13)11-14-5-3-2-4-6-14/h2-10,12H,11H2,1H3/q+1. The summed E-state index contributed by atoms with van der Waals surface area (Å²) in [5.41, 5.74) is 3.42. The molecule has 18 heavy (non-hydrogen) atoms. The zero-order valence-corrected chi connectivity index (χ0v) is 10.4. The first-order valence-electron chi connectivity index (χ1n) is 6.12. The summed E-state index contributed by atoms with van der Waals surface area (Å²) < 4.78 is 2.19. The van der Waals surface area contributed by atoms with Gasteiger partial charge in [-0.05, 0) is 19.1 Å². The minimum atomic E-state index is 0.894. The molecule has 0 bridgehead atoms. The summed E-state index contributed by atoms with van der Waals surface area (Å²) >= 11 is 0. The third-order valence-electron chi connectivity index (χ3n) is 3.03. The Hall–Kier alpha value is -2.22. The monoisotopic (exact) mass is 235 g/mol. The zero-order valence-electron chi connectivity index (χ0n) is 10.4. The van der Waals surface area contributed by atoms with E-state index in [1.807, 2.05) is 13.0 Å². The van der Waals surface area contributed by atoms with E-state index in [0.717, 1.165) is 17.8 Å². The molecular weight excluding hydrogens is 220 g/mol. The van der Waals surface area contributed by atoms with Gasteiger partial charge in [0.15, 0.2) is 18.9 Å². The van der Waals surface area contributed by atoms with Crippen LogP contribution in [-0.2, 0) is 6.54 Å². The lowest BCUT2D eigenvalue weighted by Gasteiger charge is -2.00. The van der Waals surface area contributed by atoms with Gasteiger partial charge in [-0.15, -0.1) is 0 Å². The van der Waals surface area contributed by atoms with Crippen LogP contribution in [0.1, 0.15) is 11.3 Å². The summed E-state index contributed by atoms with van der Waals surface area (Å²) in [5.74, 6) is 0. The number of aromatic nitrogens is 2. The highest BCUT2D eigenvalue weighted by molar-refractivity contribution is 5.76. The first-order chi connectivity index (χ1) is 8.81. The Morgan fingerprint density at radius 1 is 1.00 bits per heavy atom. The molecule has 1 aromatic carbocycles. The fourth-order valence-electron chi connectivity index (χ4n) is 2.11. The van der Waals surface area contributed by atoms with Crippen LogP contribution < -0.4 is 4.57 Å². The van der Waals surface area contributed by atoms with E-state index in [4.69, 9.17) is 0 Å². The van der Waals surface area contributed by atoms with Gasteiger partial charge < -0.3 is 0 Å². The van der Waals surface area contributed by atoms with Crippen LogP contribution in [0.15, 0.2) is 60.9 Å². The summed E-state index contributed by atoms with van der Waals surface area (Å²) in [6.45, 7) is 2.91. The molecule has 0 amide bonds. The van der Waals surface area contributed by atoms with Gasteiger partial charge in [-0.3, -0.25) is 4.98 Å². The molecule has 2 heteroatoms. The first-order valence-corrected chi connectivity index (χ1v) is 6.12. The van der Waals surface area contributed by atoms with Crippen molar-refractivity contribution in [2.45, 2.75) is 13.5 Å². The van der Waals surface area contributed by atoms with Crippen molar-refractivity contribution in [2.75, 3.05) is 0 Å². The SMILES string of the molecule is Cc1ccc2c[n+](Cc3ccccc3)ccc2n1. The maximum absolute atomic E-state index is 4.51. The molecule has 0 saturated heterocycles. The average Bonchev–Trinajstić information content (AvgIpc) is 2.40. The highest BCUT2D eigenvalue weighted by Crippen LogP contribution is 2.09. The zero-order chi connectivity index (χ0) is 12.4. The Bertz CT molecular complexity index is 675. The molecular formula is C16H15N2+. The number of benzene rings is 1. The number of aryl methyl sites for hydroxylation is 1. The van der Waals surface area contributed by atoms with Crippen LogP contribution in [-0.4, -0.2) is 4.98 Å². The van der Waals surface area contributed by atoms with Crippen molar-refractivity contribution in [3.05, 3.63) is 72.2 Å². The van der Waals surface area contributed by atoms with Crippen molar-refractivity contribution in [3.8, 4) is 0 Å². The second-order valence-electron chi connectivity index (χ2n) is 4.53. The lowest BCUT2D eigenvalue weighted by Crippen LogP contribution is -2.33. The molecule has 0 aliphatic heterocycles. The molecule has 0 aliphatic carbocycles. The van der Waals surface area contributed by atoms with E-state index in [9.17, 15) is 0 Å². The third-order valence-corrected chi connectivity index (χ3v) is 3.03. The Labute approximate surface area is 107 Å². The molecule has 0 aliphatic rings. The van der Waals surface area contributed by atoms with Crippen LogP contribution in [0, 0.1) is 6.92 Å². The normalized spacial score (nSPS) is 10.7. The summed E-state index contributed by atoms with van der Waals surface area (Å²) in [7, 11) is 0. The lowest BCUT2D eigenvalue weighted by atomic mass is 10.2. The molecule has 3 aromatic rings. The van der Waals surface area contributed by atoms with Crippen LogP contribution in [0.4, 0.5) is 0 Å². The molecule has 3 rings (SSSR count). The molecule has 0 unspecified atom stereocenters. The van der Waals surface area contributed by atoms with Crippen molar-refractivity contribution in [1.29, 1.82) is 0 Å². The summed E-state index contributed by atoms with van der Waals surface area (Å²) in [6.07, 6.45) is 4.23. The van der Waals surface area contributed by atoms with Gasteiger partial charge in [0.1, 0.15) is 0 Å². The number of fused-ring (bicyclic) bond motifs is 1. The molecule has 0 fully saturated rings. The second kappa shape index (κ2) is 4.57. The molecule has 2 heterocycles. The fraction of sp³-hybridized carbons (Fsp3) is 0.125. The van der Waals surface area contributed by atoms with Gasteiger partial charge in [-0.2, -0.15) is 0 Å². The van der Waals surface area contributed by atoms with Crippen molar-refractivity contribution in [1.82, 2.24) is 4.98 Å². The number of hydrogen-bond donors (Lipinski definition) is 0. The quantitative estimate of drug-likeness (QED) is 0.624. The third kappa shape index (κ3) is 2.23. The van der Waals surface area contributed by atoms with Crippen LogP contribution in [0.5, 0.6) is 0 Å². The number of hydrogen-bond acceptors (Lipinski definition) is 1. The topological polar surface area (TPSA) is 16.8 Å². The van der Waals surface area contributed by atoms with E-state index in [0.29, 0.717) is 0 Å². The molecule has 0 N–H and O–H groups in total. The smallest absolute Gasteiger partial charge is 0.178 e. The highest BCUT2D eigenvalue weighted by atomic mass is 14.9. The van der Waals surface area contributed by atoms with Gasteiger partial charge in [0.2, 0.25) is 0 Å². The second-order valence-corrected chi connectivity index (χ2v) is 4.53. The van der Waals surface area contributed by atoms with Gasteiger partial charge in [0.25, 0.3) is 0 Å². The van der Waals surface area contributed by atoms with Crippen LogP contribution >= 0.6 is 0 Å². The van der Waals surface area contributed by atoms with E-state index in [1.54, 1.807) is 0 Å². The minimum Gasteiger partial charge on any atom is -0.253 e. The van der Waals surface area contributed by atoms with Crippen molar-refractivity contribution < 1.29 is 4.57 Å². The van der Waals surface area contributed by atoms with Crippen molar-refractivity contribution in [2.24, 2.45) is 0 Å². The molecule has 0 spiro atoms. The molecule has 2 nitrogen and oxygen atoms in total. The Kier molecular flexibility index (Phi) is 2.77. The minimum absolute atomic E-state index is 0.894. The molecule has 0 atom stereocenters. The predicted octanol–water partition coefficient (Wildman–Crippen LogP) is 2.88. The summed E-state index contributed by atoms with van der Waals surface area (Å²) in [5, 5.41) is 1.18. The number of pyridine rings is 2. The Morgan fingerprint density at radius 2 is 1.83 bits per heavy atom. The maximum atomic E-state index is 4.51. The van der Waals surface area contributed by atoms with E-state index in [-0.39, 0.29) is 0 Å². The Morgan fingerprint density at radius 3 is 2.67 bits per heavy atom. The Balaban J connectivity index is 1.96. The maximum Gasteiger partial charge on any atom is 0.178 e.